The van der Waals surface area contributed by atoms with Crippen LogP contribution < -0.4 is 9.04 Å². The fourth-order valence-corrected chi connectivity index (χ4v) is 4.39. The Morgan fingerprint density at radius 3 is 2.83 bits per heavy atom. The summed E-state index contributed by atoms with van der Waals surface area (Å²) in [4.78, 5) is 4.63. The van der Waals surface area contributed by atoms with Crippen molar-refractivity contribution in [2.45, 2.75) is 11.8 Å². The van der Waals surface area contributed by atoms with Crippen LogP contribution in [-0.2, 0) is 17.1 Å². The van der Waals surface area contributed by atoms with E-state index in [9.17, 15) is 8.42 Å². The summed E-state index contributed by atoms with van der Waals surface area (Å²) in [6, 6.07) is 10.7. The molecule has 0 aliphatic carbocycles. The third-order valence-corrected chi connectivity index (χ3v) is 6.00. The van der Waals surface area contributed by atoms with E-state index in [0.717, 1.165) is 16.6 Å². The molecule has 7 heteroatoms. The number of fused-ring (bicyclic) bond motifs is 2. The highest BCUT2D eigenvalue weighted by molar-refractivity contribution is 7.92. The molecule has 0 saturated heterocycles. The molecule has 0 N–H and O–H groups in total. The minimum absolute atomic E-state index is 0.249. The van der Waals surface area contributed by atoms with Gasteiger partial charge in [0, 0.05) is 29.8 Å². The quantitative estimate of drug-likeness (QED) is 0.717. The van der Waals surface area contributed by atoms with Crippen LogP contribution in [0.25, 0.3) is 10.9 Å². The summed E-state index contributed by atoms with van der Waals surface area (Å²) in [7, 11) is -1.76. The number of aryl methyl sites for hydroxylation is 2. The van der Waals surface area contributed by atoms with Crippen LogP contribution in [0.5, 0.6) is 5.75 Å². The molecule has 0 saturated carbocycles. The first kappa shape index (κ1) is 15.0. The van der Waals surface area contributed by atoms with Gasteiger partial charge in [-0.1, -0.05) is 0 Å². The molecule has 3 heterocycles. The third-order valence-electron chi connectivity index (χ3n) is 4.21. The Labute approximate surface area is 140 Å². The van der Waals surface area contributed by atoms with Crippen molar-refractivity contribution in [3.63, 3.8) is 0 Å². The Morgan fingerprint density at radius 2 is 2.00 bits per heavy atom. The minimum atomic E-state index is -3.69. The van der Waals surface area contributed by atoms with Gasteiger partial charge >= 0.3 is 0 Å². The predicted molar refractivity (Wildman–Crippen MR) is 91.9 cm³/mol. The Morgan fingerprint density at radius 1 is 1.17 bits per heavy atom. The van der Waals surface area contributed by atoms with Gasteiger partial charge in [0.1, 0.15) is 6.61 Å². The number of aromatic nitrogens is 2. The van der Waals surface area contributed by atoms with E-state index in [1.807, 2.05) is 42.9 Å². The van der Waals surface area contributed by atoms with Crippen molar-refractivity contribution in [1.82, 2.24) is 9.55 Å². The van der Waals surface area contributed by atoms with Crippen LogP contribution in [0.3, 0.4) is 0 Å². The molecule has 1 aliphatic heterocycles. The smallest absolute Gasteiger partial charge is 0.265 e. The first-order valence-electron chi connectivity index (χ1n) is 7.65. The van der Waals surface area contributed by atoms with Crippen molar-refractivity contribution in [3.05, 3.63) is 48.3 Å². The number of rotatable bonds is 2. The molecule has 4 rings (SSSR count). The lowest BCUT2D eigenvalue weighted by atomic mass is 10.2. The first-order valence-corrected chi connectivity index (χ1v) is 9.09. The molecule has 0 atom stereocenters. The average Bonchev–Trinajstić information content (AvgIpc) is 2.95. The van der Waals surface area contributed by atoms with Crippen LogP contribution in [0.15, 0.2) is 47.5 Å². The number of benzene rings is 1. The number of hydrogen-bond acceptors (Lipinski definition) is 4. The van der Waals surface area contributed by atoms with E-state index < -0.39 is 10.0 Å². The van der Waals surface area contributed by atoms with E-state index in [1.54, 1.807) is 18.2 Å². The van der Waals surface area contributed by atoms with Crippen LogP contribution >= 0.6 is 0 Å². The van der Waals surface area contributed by atoms with Crippen molar-refractivity contribution in [2.24, 2.45) is 7.05 Å². The fourth-order valence-electron chi connectivity index (χ4n) is 2.95. The maximum Gasteiger partial charge on any atom is 0.265 e. The van der Waals surface area contributed by atoms with Crippen LogP contribution in [0, 0.1) is 6.92 Å². The fraction of sp³-hybridized carbons (Fsp3) is 0.235. The summed E-state index contributed by atoms with van der Waals surface area (Å²) < 4.78 is 35.1. The second-order valence-corrected chi connectivity index (χ2v) is 7.71. The standard InChI is InChI=1S/C17H17N3O3S/c1-12-3-6-16-17(18-12)20(9-10-23-16)24(21,22)14-4-5-15-13(11-14)7-8-19(15)2/h3-8,11H,9-10H2,1-2H3. The largest absolute Gasteiger partial charge is 0.488 e. The van der Waals surface area contributed by atoms with Crippen molar-refractivity contribution in [1.29, 1.82) is 0 Å². The molecule has 0 fully saturated rings. The van der Waals surface area contributed by atoms with Gasteiger partial charge < -0.3 is 9.30 Å². The monoisotopic (exact) mass is 343 g/mol. The normalized spacial score (nSPS) is 14.5. The molecule has 1 aromatic carbocycles. The van der Waals surface area contributed by atoms with Crippen molar-refractivity contribution < 1.29 is 13.2 Å². The molecule has 0 bridgehead atoms. The number of pyridine rings is 1. The summed E-state index contributed by atoms with van der Waals surface area (Å²) in [5, 5.41) is 0.893. The molecule has 0 spiro atoms. The first-order chi connectivity index (χ1) is 11.5. The Hall–Kier alpha value is -2.54. The zero-order valence-corrected chi connectivity index (χ0v) is 14.2. The number of nitrogens with zero attached hydrogens (tertiary/aromatic N) is 3. The maximum absolute atomic E-state index is 13.1. The van der Waals surface area contributed by atoms with Crippen LogP contribution in [-0.4, -0.2) is 31.1 Å². The number of hydrogen-bond donors (Lipinski definition) is 0. The highest BCUT2D eigenvalue weighted by atomic mass is 32.2. The highest BCUT2D eigenvalue weighted by Crippen LogP contribution is 2.34. The van der Waals surface area contributed by atoms with Gasteiger partial charge in [0.05, 0.1) is 11.4 Å². The topological polar surface area (TPSA) is 64.4 Å². The van der Waals surface area contributed by atoms with Crippen LogP contribution in [0.4, 0.5) is 5.82 Å². The van der Waals surface area contributed by atoms with Gasteiger partial charge in [-0.3, -0.25) is 0 Å². The molecular weight excluding hydrogens is 326 g/mol. The Balaban J connectivity index is 1.84. The predicted octanol–water partition coefficient (Wildman–Crippen LogP) is 2.47. The second-order valence-electron chi connectivity index (χ2n) is 5.85. The third kappa shape index (κ3) is 2.24. The molecule has 1 aliphatic rings. The molecule has 6 nitrogen and oxygen atoms in total. The Kier molecular flexibility index (Phi) is 3.28. The molecule has 0 amide bonds. The SMILES string of the molecule is Cc1ccc2c(n1)N(S(=O)(=O)c1ccc3c(ccn3C)c1)CCO2. The van der Waals surface area contributed by atoms with Crippen molar-refractivity contribution >= 4 is 26.7 Å². The molecular formula is C17H17N3O3S. The van der Waals surface area contributed by atoms with E-state index in [0.29, 0.717) is 18.2 Å². The summed E-state index contributed by atoms with van der Waals surface area (Å²) >= 11 is 0. The highest BCUT2D eigenvalue weighted by Gasteiger charge is 2.31. The summed E-state index contributed by atoms with van der Waals surface area (Å²) in [5.74, 6) is 0.852. The van der Waals surface area contributed by atoms with Gasteiger partial charge in [-0.2, -0.15) is 0 Å². The minimum Gasteiger partial charge on any atom is -0.488 e. The average molecular weight is 343 g/mol. The molecule has 2 aromatic heterocycles. The van der Waals surface area contributed by atoms with Gasteiger partial charge in [-0.05, 0) is 43.3 Å². The lowest BCUT2D eigenvalue weighted by Gasteiger charge is -2.29. The Bertz CT molecular complexity index is 1040. The van der Waals surface area contributed by atoms with Crippen molar-refractivity contribution in [3.8, 4) is 5.75 Å². The second kappa shape index (κ2) is 5.24. The number of sulfonamides is 1. The van der Waals surface area contributed by atoms with Crippen LogP contribution in [0.1, 0.15) is 5.69 Å². The molecule has 0 radical (unpaired) electrons. The van der Waals surface area contributed by atoms with E-state index in [-0.39, 0.29) is 11.4 Å². The summed E-state index contributed by atoms with van der Waals surface area (Å²) in [6.45, 7) is 2.39. The zero-order chi connectivity index (χ0) is 16.9. The molecule has 0 unspecified atom stereocenters. The van der Waals surface area contributed by atoms with Crippen LogP contribution in [0.2, 0.25) is 0 Å². The van der Waals surface area contributed by atoms with Gasteiger partial charge in [0.25, 0.3) is 10.0 Å². The van der Waals surface area contributed by atoms with Gasteiger partial charge in [-0.15, -0.1) is 0 Å². The maximum atomic E-state index is 13.1. The van der Waals surface area contributed by atoms with E-state index in [1.165, 1.54) is 4.31 Å². The summed E-state index contributed by atoms with van der Waals surface area (Å²) in [5.41, 5.74) is 1.74. The number of ether oxygens (including phenoxy) is 1. The molecule has 124 valence electrons. The zero-order valence-electron chi connectivity index (χ0n) is 13.4. The van der Waals surface area contributed by atoms with Crippen molar-refractivity contribution in [2.75, 3.05) is 17.5 Å². The van der Waals surface area contributed by atoms with E-state index in [2.05, 4.69) is 4.98 Å². The van der Waals surface area contributed by atoms with E-state index >= 15 is 0 Å². The van der Waals surface area contributed by atoms with E-state index in [4.69, 9.17) is 4.74 Å². The van der Waals surface area contributed by atoms with Gasteiger partial charge in [-0.25, -0.2) is 17.7 Å². The van der Waals surface area contributed by atoms with Gasteiger partial charge in [0.2, 0.25) is 0 Å². The lowest BCUT2D eigenvalue weighted by Crippen LogP contribution is -2.38. The lowest BCUT2D eigenvalue weighted by molar-refractivity contribution is 0.313. The number of anilines is 1. The molecule has 24 heavy (non-hydrogen) atoms. The summed E-state index contributed by atoms with van der Waals surface area (Å²) in [6.07, 6.45) is 1.91. The van der Waals surface area contributed by atoms with Gasteiger partial charge in [0.15, 0.2) is 11.6 Å². The molecule has 3 aromatic rings.